The Hall–Kier alpha value is 2.51. The molecule has 0 aliphatic carbocycles. The van der Waals surface area contributed by atoms with E-state index in [0.29, 0.717) is 0 Å². The fraction of sp³-hybridized carbons (Fsp3) is 0. The van der Waals surface area contributed by atoms with Gasteiger partial charge >= 0.3 is 130 Å². The molecule has 10 nitrogen and oxygen atoms in total. The zero-order valence-corrected chi connectivity index (χ0v) is 16.2. The van der Waals surface area contributed by atoms with Gasteiger partial charge in [0.15, 0.2) is 0 Å². The molecule has 0 fully saturated rings. The van der Waals surface area contributed by atoms with Crippen molar-refractivity contribution in [3.8, 4) is 0 Å². The van der Waals surface area contributed by atoms with E-state index in [1.807, 2.05) is 0 Å². The van der Waals surface area contributed by atoms with Gasteiger partial charge in [-0.05, 0) is 0 Å². The zero-order chi connectivity index (χ0) is 11.6. The number of hydrogen-bond donors (Lipinski definition) is 4. The molecule has 0 aliphatic heterocycles. The van der Waals surface area contributed by atoms with Gasteiger partial charge in [-0.15, -0.1) is 0 Å². The maximum Gasteiger partial charge on any atom is 1.00 e. The van der Waals surface area contributed by atoms with E-state index in [-0.39, 0.29) is 106 Å². The Labute approximate surface area is 177 Å². The molecule has 0 amide bonds. The Morgan fingerprint density at radius 3 is 1.12 bits per heavy atom. The molecule has 0 saturated heterocycles. The van der Waals surface area contributed by atoms with Crippen LogP contribution in [0.1, 0.15) is 2.85 Å². The average Bonchev–Trinajstić information content (AvgIpc) is 1.78. The van der Waals surface area contributed by atoms with Gasteiger partial charge in [-0.2, -0.15) is 0 Å². The third-order valence-corrected chi connectivity index (χ3v) is 1.38. The Balaban J connectivity index is -0.000000141. The van der Waals surface area contributed by atoms with Crippen molar-refractivity contribution in [2.45, 2.75) is 0 Å². The molecule has 0 bridgehead atoms. The van der Waals surface area contributed by atoms with E-state index < -0.39 is 27.6 Å². The molecular weight excluding hydrogens is 324 g/mol. The van der Waals surface area contributed by atoms with Crippen LogP contribution in [-0.4, -0.2) is 31.5 Å². The van der Waals surface area contributed by atoms with Crippen molar-refractivity contribution in [3.05, 3.63) is 0 Å². The smallest absolute Gasteiger partial charge is 1.00 e. The second-order valence-corrected chi connectivity index (χ2v) is 4.07. The van der Waals surface area contributed by atoms with Crippen molar-refractivity contribution in [2.24, 2.45) is 0 Å². The van der Waals surface area contributed by atoms with Crippen LogP contribution in [0.25, 0.3) is 0 Å². The Morgan fingerprint density at radius 1 is 0.812 bits per heavy atom. The van der Waals surface area contributed by atoms with E-state index in [2.05, 4.69) is 9.05 Å². The first-order chi connectivity index (χ1) is 6.01. The molecule has 0 radical (unpaired) electrons. The molecule has 0 aromatic heterocycles. The summed E-state index contributed by atoms with van der Waals surface area (Å²) >= 11 is 0. The largest absolute Gasteiger partial charge is 1.00 e. The Kier molecular flexibility index (Phi) is 13.9. The summed E-state index contributed by atoms with van der Waals surface area (Å²) in [7, 11) is -10.5. The van der Waals surface area contributed by atoms with Gasteiger partial charge in [0.25, 0.3) is 0 Å². The van der Waals surface area contributed by atoms with Gasteiger partial charge in [0, 0.05) is 0 Å². The van der Waals surface area contributed by atoms with Gasteiger partial charge in [0.2, 0.25) is 0 Å². The van der Waals surface area contributed by atoms with Crippen LogP contribution in [0.5, 0.6) is 0 Å². The molecule has 16 heavy (non-hydrogen) atoms. The first-order valence-electron chi connectivity index (χ1n) is 2.60. The molecule has 0 saturated carbocycles. The van der Waals surface area contributed by atoms with Crippen LogP contribution >= 0.6 is 15.6 Å². The SMILES string of the molecule is O=C(OP(=O)(O)O)C(=O)OP(=O)(O)O.[H-].[H-].[K+].[K+]. The van der Waals surface area contributed by atoms with Crippen molar-refractivity contribution < 1.29 is 153 Å². The number of phosphoric acid groups is 2. The maximum absolute atomic E-state index is 10.3. The Morgan fingerprint density at radius 2 is 1.00 bits per heavy atom. The van der Waals surface area contributed by atoms with Gasteiger partial charge in [0.05, 0.1) is 0 Å². The van der Waals surface area contributed by atoms with E-state index in [1.54, 1.807) is 0 Å². The number of phosphoric ester groups is 2. The summed E-state index contributed by atoms with van der Waals surface area (Å²) in [6.45, 7) is 0. The maximum atomic E-state index is 10.3. The number of carbonyl (C=O) groups excluding carboxylic acids is 2. The van der Waals surface area contributed by atoms with Gasteiger partial charge in [-0.1, -0.05) is 0 Å². The number of rotatable bonds is 2. The van der Waals surface area contributed by atoms with Crippen LogP contribution in [0.3, 0.4) is 0 Å². The van der Waals surface area contributed by atoms with Crippen molar-refractivity contribution in [2.75, 3.05) is 0 Å². The minimum absolute atomic E-state index is 0. The molecule has 0 spiro atoms. The van der Waals surface area contributed by atoms with E-state index in [0.717, 1.165) is 0 Å². The molecule has 0 heterocycles. The second kappa shape index (κ2) is 9.42. The molecule has 4 N–H and O–H groups in total. The average molecular weight is 330 g/mol. The molecule has 0 aromatic carbocycles. The van der Waals surface area contributed by atoms with Gasteiger partial charge in [-0.25, -0.2) is 18.7 Å². The van der Waals surface area contributed by atoms with Crippen LogP contribution in [-0.2, 0) is 27.8 Å². The third kappa shape index (κ3) is 14.6. The summed E-state index contributed by atoms with van der Waals surface area (Å²) in [6, 6.07) is 0. The van der Waals surface area contributed by atoms with E-state index >= 15 is 0 Å². The quantitative estimate of drug-likeness (QED) is 0.217. The molecule has 86 valence electrons. The van der Waals surface area contributed by atoms with E-state index in [1.165, 1.54) is 0 Å². The normalized spacial score (nSPS) is 10.5. The Bertz CT molecular complexity index is 314. The summed E-state index contributed by atoms with van der Waals surface area (Å²) < 4.78 is 26.2. The first-order valence-corrected chi connectivity index (χ1v) is 5.66. The number of carbonyl (C=O) groups is 2. The minimum atomic E-state index is -5.24. The van der Waals surface area contributed by atoms with Crippen LogP contribution in [0, 0.1) is 0 Å². The fourth-order valence-electron chi connectivity index (χ4n) is 0.291. The zero-order valence-electron chi connectivity index (χ0n) is 10.1. The van der Waals surface area contributed by atoms with Crippen LogP contribution < -0.4 is 103 Å². The predicted molar refractivity (Wildman–Crippen MR) is 38.5 cm³/mol. The van der Waals surface area contributed by atoms with Crippen LogP contribution in [0.2, 0.25) is 0 Å². The standard InChI is InChI=1S/C2H4O10P2.2K.2H/c3-1(11-13(5,6)7)2(4)12-14(8,9)10;;;;/h(H2,5,6,7)(H2,8,9,10);;;;/q;2*+1;2*-1. The fourth-order valence-corrected chi connectivity index (χ4v) is 0.872. The minimum Gasteiger partial charge on any atom is -1.00 e. The third-order valence-electron chi connectivity index (χ3n) is 0.570. The van der Waals surface area contributed by atoms with E-state index in [4.69, 9.17) is 19.6 Å². The van der Waals surface area contributed by atoms with Gasteiger partial charge < -0.3 is 11.9 Å². The summed E-state index contributed by atoms with van der Waals surface area (Å²) in [5.74, 6) is -4.41. The molecule has 0 rings (SSSR count). The van der Waals surface area contributed by atoms with Crippen molar-refractivity contribution in [3.63, 3.8) is 0 Å². The van der Waals surface area contributed by atoms with E-state index in [9.17, 15) is 18.7 Å². The summed E-state index contributed by atoms with van der Waals surface area (Å²) in [5, 5.41) is 0. The van der Waals surface area contributed by atoms with Crippen molar-refractivity contribution >= 4 is 27.6 Å². The molecule has 0 atom stereocenters. The molecule has 0 aliphatic rings. The van der Waals surface area contributed by atoms with Crippen molar-refractivity contribution in [1.82, 2.24) is 0 Å². The molecule has 14 heteroatoms. The monoisotopic (exact) mass is 330 g/mol. The van der Waals surface area contributed by atoms with Gasteiger partial charge in [-0.3, -0.25) is 19.6 Å². The molecule has 0 unspecified atom stereocenters. The summed E-state index contributed by atoms with van der Waals surface area (Å²) in [6.07, 6.45) is 0. The second-order valence-electron chi connectivity index (χ2n) is 1.74. The van der Waals surface area contributed by atoms with Gasteiger partial charge in [0.1, 0.15) is 0 Å². The predicted octanol–water partition coefficient (Wildman–Crippen LogP) is -7.51. The van der Waals surface area contributed by atoms with Crippen molar-refractivity contribution in [1.29, 1.82) is 0 Å². The first kappa shape index (κ1) is 23.6. The van der Waals surface area contributed by atoms with Crippen LogP contribution in [0.4, 0.5) is 0 Å². The molecular formula is C2H6K2O10P2. The van der Waals surface area contributed by atoms with Crippen LogP contribution in [0.15, 0.2) is 0 Å². The topological polar surface area (TPSA) is 168 Å². The summed E-state index contributed by atoms with van der Waals surface area (Å²) in [4.78, 5) is 52.6. The number of hydrogen-bond acceptors (Lipinski definition) is 6. The molecule has 0 aromatic rings. The summed E-state index contributed by atoms with van der Waals surface area (Å²) in [5.41, 5.74) is 0.